The molecule has 21 heavy (non-hydrogen) atoms. The third-order valence-electron chi connectivity index (χ3n) is 2.53. The summed E-state index contributed by atoms with van der Waals surface area (Å²) in [7, 11) is -3.44. The molecule has 0 saturated heterocycles. The van der Waals surface area contributed by atoms with Crippen LogP contribution in [0.4, 0.5) is 0 Å². The van der Waals surface area contributed by atoms with Gasteiger partial charge in [0, 0.05) is 13.1 Å². The molecule has 7 heteroatoms. The number of benzene rings is 1. The van der Waals surface area contributed by atoms with Crippen molar-refractivity contribution in [2.24, 2.45) is 0 Å². The summed E-state index contributed by atoms with van der Waals surface area (Å²) < 4.78 is 32.1. The molecule has 0 unspecified atom stereocenters. The molecule has 0 bridgehead atoms. The summed E-state index contributed by atoms with van der Waals surface area (Å²) in [5.74, 6) is 0.670. The number of hydrogen-bond acceptors (Lipinski definition) is 4. The molecule has 0 aliphatic carbocycles. The van der Waals surface area contributed by atoms with E-state index >= 15 is 0 Å². The van der Waals surface area contributed by atoms with Gasteiger partial charge in [-0.15, -0.1) is 12.4 Å². The molecule has 0 radical (unpaired) electrons. The Labute approximate surface area is 133 Å². The average Bonchev–Trinajstić information content (AvgIpc) is 2.38. The second kappa shape index (κ2) is 10.00. The predicted octanol–water partition coefficient (Wildman–Crippen LogP) is 2.17. The number of halogens is 1. The van der Waals surface area contributed by atoms with Crippen LogP contribution in [0.25, 0.3) is 0 Å². The SMILES string of the molecule is CCCNCCNS(=O)(=O)c1ccc(OC(C)C)cc1.Cl. The smallest absolute Gasteiger partial charge is 0.240 e. The summed E-state index contributed by atoms with van der Waals surface area (Å²) in [4.78, 5) is 0.254. The van der Waals surface area contributed by atoms with Crippen molar-refractivity contribution in [3.63, 3.8) is 0 Å². The standard InChI is InChI=1S/C14H24N2O3S.ClH/c1-4-9-15-10-11-16-20(17,18)14-7-5-13(6-8-14)19-12(2)3;/h5-8,12,15-16H,4,9-11H2,1-3H3;1H. The van der Waals surface area contributed by atoms with E-state index in [4.69, 9.17) is 4.74 Å². The van der Waals surface area contributed by atoms with Crippen LogP contribution in [-0.2, 0) is 10.0 Å². The maximum atomic E-state index is 12.0. The predicted molar refractivity (Wildman–Crippen MR) is 87.8 cm³/mol. The quantitative estimate of drug-likeness (QED) is 0.678. The first kappa shape index (κ1) is 20.2. The summed E-state index contributed by atoms with van der Waals surface area (Å²) in [6, 6.07) is 6.45. The Bertz CT molecular complexity index is 489. The Morgan fingerprint density at radius 1 is 1.10 bits per heavy atom. The van der Waals surface area contributed by atoms with Gasteiger partial charge in [0.05, 0.1) is 11.0 Å². The first-order valence-electron chi connectivity index (χ1n) is 6.93. The first-order chi connectivity index (χ1) is 9.45. The van der Waals surface area contributed by atoms with Crippen LogP contribution in [0.3, 0.4) is 0 Å². The van der Waals surface area contributed by atoms with Crippen molar-refractivity contribution in [3.05, 3.63) is 24.3 Å². The maximum absolute atomic E-state index is 12.0. The molecule has 0 heterocycles. The third kappa shape index (κ3) is 7.66. The summed E-state index contributed by atoms with van der Waals surface area (Å²) in [5.41, 5.74) is 0. The second-order valence-corrected chi connectivity index (χ2v) is 6.55. The van der Waals surface area contributed by atoms with Gasteiger partial charge in [-0.1, -0.05) is 6.92 Å². The van der Waals surface area contributed by atoms with Crippen LogP contribution in [0.5, 0.6) is 5.75 Å². The van der Waals surface area contributed by atoms with E-state index in [1.165, 1.54) is 0 Å². The number of ether oxygens (including phenoxy) is 1. The van der Waals surface area contributed by atoms with Crippen molar-refractivity contribution < 1.29 is 13.2 Å². The van der Waals surface area contributed by atoms with Gasteiger partial charge in [0.2, 0.25) is 10.0 Å². The Kier molecular flexibility index (Phi) is 9.61. The summed E-state index contributed by atoms with van der Waals surface area (Å²) in [6.45, 7) is 7.82. The van der Waals surface area contributed by atoms with Crippen molar-refractivity contribution in [2.45, 2.75) is 38.2 Å². The third-order valence-corrected chi connectivity index (χ3v) is 4.00. The monoisotopic (exact) mass is 336 g/mol. The zero-order valence-corrected chi connectivity index (χ0v) is 14.4. The highest BCUT2D eigenvalue weighted by Crippen LogP contribution is 2.16. The van der Waals surface area contributed by atoms with Gasteiger partial charge in [-0.05, 0) is 51.1 Å². The van der Waals surface area contributed by atoms with E-state index in [1.807, 2.05) is 13.8 Å². The van der Waals surface area contributed by atoms with E-state index in [0.717, 1.165) is 13.0 Å². The Hall–Kier alpha value is -0.820. The van der Waals surface area contributed by atoms with Gasteiger partial charge in [0.25, 0.3) is 0 Å². The average molecular weight is 337 g/mol. The molecular weight excluding hydrogens is 312 g/mol. The van der Waals surface area contributed by atoms with Crippen molar-refractivity contribution in [1.82, 2.24) is 10.0 Å². The molecule has 0 atom stereocenters. The maximum Gasteiger partial charge on any atom is 0.240 e. The van der Waals surface area contributed by atoms with Crippen molar-refractivity contribution in [2.75, 3.05) is 19.6 Å². The lowest BCUT2D eigenvalue weighted by atomic mass is 10.3. The molecule has 5 nitrogen and oxygen atoms in total. The zero-order chi connectivity index (χ0) is 15.0. The number of sulfonamides is 1. The molecule has 0 saturated carbocycles. The van der Waals surface area contributed by atoms with Gasteiger partial charge in [-0.3, -0.25) is 0 Å². The first-order valence-corrected chi connectivity index (χ1v) is 8.41. The zero-order valence-electron chi connectivity index (χ0n) is 12.8. The molecule has 0 aliphatic rings. The molecule has 0 spiro atoms. The van der Waals surface area contributed by atoms with Crippen molar-refractivity contribution >= 4 is 22.4 Å². The van der Waals surface area contributed by atoms with Crippen LogP contribution in [-0.4, -0.2) is 34.2 Å². The minimum Gasteiger partial charge on any atom is -0.491 e. The lowest BCUT2D eigenvalue weighted by molar-refractivity contribution is 0.242. The minimum absolute atomic E-state index is 0. The Balaban J connectivity index is 0.00000400. The van der Waals surface area contributed by atoms with Gasteiger partial charge < -0.3 is 10.1 Å². The fourth-order valence-electron chi connectivity index (χ4n) is 1.63. The molecule has 0 aromatic heterocycles. The van der Waals surface area contributed by atoms with E-state index < -0.39 is 10.0 Å². The lowest BCUT2D eigenvalue weighted by Gasteiger charge is -2.11. The molecular formula is C14H25ClN2O3S. The van der Waals surface area contributed by atoms with Gasteiger partial charge in [-0.2, -0.15) is 0 Å². The van der Waals surface area contributed by atoms with E-state index in [1.54, 1.807) is 24.3 Å². The summed E-state index contributed by atoms with van der Waals surface area (Å²) in [6.07, 6.45) is 1.10. The fourth-order valence-corrected chi connectivity index (χ4v) is 2.66. The number of rotatable bonds is 9. The van der Waals surface area contributed by atoms with Crippen molar-refractivity contribution in [3.8, 4) is 5.75 Å². The molecule has 122 valence electrons. The van der Waals surface area contributed by atoms with Crippen LogP contribution < -0.4 is 14.8 Å². The van der Waals surface area contributed by atoms with Crippen LogP contribution in [0.15, 0.2) is 29.2 Å². The summed E-state index contributed by atoms with van der Waals surface area (Å²) in [5, 5.41) is 3.14. The van der Waals surface area contributed by atoms with Crippen LogP contribution >= 0.6 is 12.4 Å². The topological polar surface area (TPSA) is 67.4 Å². The van der Waals surface area contributed by atoms with E-state index in [9.17, 15) is 8.42 Å². The van der Waals surface area contributed by atoms with E-state index in [-0.39, 0.29) is 23.4 Å². The van der Waals surface area contributed by atoms with Gasteiger partial charge in [0.1, 0.15) is 5.75 Å². The lowest BCUT2D eigenvalue weighted by Crippen LogP contribution is -2.32. The number of hydrogen-bond donors (Lipinski definition) is 2. The largest absolute Gasteiger partial charge is 0.491 e. The molecule has 0 fully saturated rings. The minimum atomic E-state index is -3.44. The Morgan fingerprint density at radius 3 is 2.24 bits per heavy atom. The molecule has 0 amide bonds. The molecule has 2 N–H and O–H groups in total. The van der Waals surface area contributed by atoms with Crippen LogP contribution in [0.1, 0.15) is 27.2 Å². The van der Waals surface area contributed by atoms with Gasteiger partial charge in [-0.25, -0.2) is 13.1 Å². The normalized spacial score (nSPS) is 11.2. The molecule has 1 aromatic carbocycles. The second-order valence-electron chi connectivity index (χ2n) is 4.79. The van der Waals surface area contributed by atoms with E-state index in [2.05, 4.69) is 17.0 Å². The van der Waals surface area contributed by atoms with Gasteiger partial charge in [0.15, 0.2) is 0 Å². The van der Waals surface area contributed by atoms with Gasteiger partial charge >= 0.3 is 0 Å². The highest BCUT2D eigenvalue weighted by molar-refractivity contribution is 7.89. The highest BCUT2D eigenvalue weighted by atomic mass is 35.5. The van der Waals surface area contributed by atoms with Crippen LogP contribution in [0, 0.1) is 0 Å². The Morgan fingerprint density at radius 2 is 1.71 bits per heavy atom. The van der Waals surface area contributed by atoms with E-state index in [0.29, 0.717) is 18.8 Å². The molecule has 1 aromatic rings. The number of nitrogens with one attached hydrogen (secondary N) is 2. The van der Waals surface area contributed by atoms with Crippen LogP contribution in [0.2, 0.25) is 0 Å². The van der Waals surface area contributed by atoms with Crippen molar-refractivity contribution in [1.29, 1.82) is 0 Å². The highest BCUT2D eigenvalue weighted by Gasteiger charge is 2.13. The molecule has 0 aliphatic heterocycles. The summed E-state index contributed by atoms with van der Waals surface area (Å²) >= 11 is 0. The molecule has 1 rings (SSSR count). The fraction of sp³-hybridized carbons (Fsp3) is 0.571.